The van der Waals surface area contributed by atoms with Gasteiger partial charge in [-0.25, -0.2) is 0 Å². The lowest BCUT2D eigenvalue weighted by atomic mass is 10.0. The number of nitrogens with zero attached hydrogens (tertiary/aromatic N) is 1. The number of allylic oxidation sites excluding steroid dienone is 1. The molecule has 1 aliphatic rings. The Kier molecular flexibility index (Phi) is 7.27. The number of rotatable bonds is 8. The lowest BCUT2D eigenvalue weighted by Crippen LogP contribution is -2.54. The maximum Gasteiger partial charge on any atom is 0.270 e. The minimum atomic E-state index is -0.603. The molecule has 1 saturated heterocycles. The first-order valence-corrected chi connectivity index (χ1v) is 10.5. The summed E-state index contributed by atoms with van der Waals surface area (Å²) in [6.07, 6.45) is 3.49. The van der Waals surface area contributed by atoms with Crippen molar-refractivity contribution in [2.45, 2.75) is 20.3 Å². The van der Waals surface area contributed by atoms with E-state index in [2.05, 4.69) is 11.9 Å². The van der Waals surface area contributed by atoms with Crippen molar-refractivity contribution in [3.8, 4) is 17.2 Å². The summed E-state index contributed by atoms with van der Waals surface area (Å²) in [7, 11) is 0. The van der Waals surface area contributed by atoms with Gasteiger partial charge in [-0.05, 0) is 68.4 Å². The number of hydrogen-bond donors (Lipinski definition) is 2. The number of amides is 2. The van der Waals surface area contributed by atoms with E-state index in [0.29, 0.717) is 42.2 Å². The van der Waals surface area contributed by atoms with Crippen molar-refractivity contribution in [2.75, 3.05) is 18.1 Å². The molecule has 3 rings (SSSR count). The first-order valence-electron chi connectivity index (χ1n) is 10.1. The third kappa shape index (κ3) is 4.81. The van der Waals surface area contributed by atoms with Crippen molar-refractivity contribution in [1.29, 1.82) is 0 Å². The number of hydrogen-bond acceptors (Lipinski definition) is 6. The summed E-state index contributed by atoms with van der Waals surface area (Å²) in [6.45, 7) is 8.17. The monoisotopic (exact) mass is 452 g/mol. The van der Waals surface area contributed by atoms with Gasteiger partial charge in [0.15, 0.2) is 16.6 Å². The van der Waals surface area contributed by atoms with Gasteiger partial charge in [0.1, 0.15) is 11.3 Å². The molecule has 166 valence electrons. The lowest BCUT2D eigenvalue weighted by molar-refractivity contribution is -0.122. The smallest absolute Gasteiger partial charge is 0.270 e. The average molecular weight is 453 g/mol. The lowest BCUT2D eigenvalue weighted by Gasteiger charge is -2.29. The molecule has 0 bridgehead atoms. The van der Waals surface area contributed by atoms with Crippen molar-refractivity contribution in [3.63, 3.8) is 0 Å². The number of carbonyl (C=O) groups excluding carboxylic acids is 2. The van der Waals surface area contributed by atoms with Crippen LogP contribution in [0.5, 0.6) is 17.2 Å². The van der Waals surface area contributed by atoms with Crippen molar-refractivity contribution >= 4 is 40.9 Å². The van der Waals surface area contributed by atoms with Gasteiger partial charge in [-0.15, -0.1) is 6.58 Å². The van der Waals surface area contributed by atoms with Gasteiger partial charge < -0.3 is 14.6 Å². The van der Waals surface area contributed by atoms with Gasteiger partial charge in [0.05, 0.1) is 18.9 Å². The standard InChI is InChI=1S/C24H24N2O5S/c1-4-8-16-11-15(13-20(21(16)27)31-6-3)12-19-22(28)25-24(32)26(23(19)29)17-9-7-10-18(14-17)30-5-2/h4,7,9-14,27H,1,5-6,8H2,2-3H3,(H,25,28,32)/b19-12-. The van der Waals surface area contributed by atoms with E-state index < -0.39 is 11.8 Å². The summed E-state index contributed by atoms with van der Waals surface area (Å²) in [4.78, 5) is 27.1. The molecule has 0 spiro atoms. The van der Waals surface area contributed by atoms with Gasteiger partial charge in [-0.3, -0.25) is 19.8 Å². The maximum absolute atomic E-state index is 13.3. The highest BCUT2D eigenvalue weighted by Crippen LogP contribution is 2.34. The van der Waals surface area contributed by atoms with Crippen molar-refractivity contribution in [2.24, 2.45) is 0 Å². The van der Waals surface area contributed by atoms with E-state index >= 15 is 0 Å². The Morgan fingerprint density at radius 1 is 1.16 bits per heavy atom. The third-order valence-electron chi connectivity index (χ3n) is 4.64. The summed E-state index contributed by atoms with van der Waals surface area (Å²) in [5, 5.41) is 13.0. The van der Waals surface area contributed by atoms with Crippen LogP contribution < -0.4 is 19.7 Å². The second kappa shape index (κ2) is 10.1. The van der Waals surface area contributed by atoms with Crippen molar-refractivity contribution < 1.29 is 24.2 Å². The van der Waals surface area contributed by atoms with E-state index in [0.717, 1.165) is 0 Å². The minimum Gasteiger partial charge on any atom is -0.504 e. The Bertz CT molecular complexity index is 1110. The van der Waals surface area contributed by atoms with E-state index in [4.69, 9.17) is 21.7 Å². The largest absolute Gasteiger partial charge is 0.504 e. The Balaban J connectivity index is 2.04. The molecular formula is C24H24N2O5S. The number of carbonyl (C=O) groups is 2. The van der Waals surface area contributed by atoms with Gasteiger partial charge >= 0.3 is 0 Å². The molecule has 0 aromatic heterocycles. The van der Waals surface area contributed by atoms with Crippen LogP contribution in [0.3, 0.4) is 0 Å². The van der Waals surface area contributed by atoms with Gasteiger partial charge in [0.2, 0.25) is 0 Å². The summed E-state index contributed by atoms with van der Waals surface area (Å²) in [5.41, 5.74) is 1.47. The highest BCUT2D eigenvalue weighted by atomic mass is 32.1. The van der Waals surface area contributed by atoms with E-state index in [1.54, 1.807) is 49.4 Å². The quantitative estimate of drug-likeness (QED) is 0.275. The molecule has 0 radical (unpaired) electrons. The number of thiocarbonyl (C=S) groups is 1. The van der Waals surface area contributed by atoms with Gasteiger partial charge in [-0.1, -0.05) is 12.1 Å². The van der Waals surface area contributed by atoms with Crippen LogP contribution in [0, 0.1) is 0 Å². The van der Waals surface area contributed by atoms with Crippen LogP contribution >= 0.6 is 12.2 Å². The molecule has 8 heteroatoms. The molecular weight excluding hydrogens is 428 g/mol. The normalized spacial score (nSPS) is 15.0. The fraction of sp³-hybridized carbons (Fsp3) is 0.208. The Morgan fingerprint density at radius 3 is 2.59 bits per heavy atom. The van der Waals surface area contributed by atoms with E-state index in [1.807, 2.05) is 6.92 Å². The van der Waals surface area contributed by atoms with E-state index in [9.17, 15) is 14.7 Å². The molecule has 0 aliphatic carbocycles. The predicted octanol–water partition coefficient (Wildman–Crippen LogP) is 3.75. The summed E-state index contributed by atoms with van der Waals surface area (Å²) >= 11 is 5.26. The molecule has 1 fully saturated rings. The number of benzene rings is 2. The number of phenolic OH excluding ortho intramolecular Hbond substituents is 1. The Labute approximate surface area is 191 Å². The third-order valence-corrected chi connectivity index (χ3v) is 4.92. The highest BCUT2D eigenvalue weighted by Gasteiger charge is 2.34. The van der Waals surface area contributed by atoms with Crippen LogP contribution in [-0.2, 0) is 16.0 Å². The van der Waals surface area contributed by atoms with Crippen LogP contribution in [-0.4, -0.2) is 35.2 Å². The molecule has 2 aromatic carbocycles. The van der Waals surface area contributed by atoms with Crippen LogP contribution in [0.25, 0.3) is 6.08 Å². The maximum atomic E-state index is 13.3. The van der Waals surface area contributed by atoms with Crippen LogP contribution in [0.4, 0.5) is 5.69 Å². The summed E-state index contributed by atoms with van der Waals surface area (Å²) < 4.78 is 11.0. The highest BCUT2D eigenvalue weighted by molar-refractivity contribution is 7.80. The van der Waals surface area contributed by atoms with Crippen LogP contribution in [0.1, 0.15) is 25.0 Å². The van der Waals surface area contributed by atoms with Gasteiger partial charge in [0, 0.05) is 11.6 Å². The molecule has 0 unspecified atom stereocenters. The number of aromatic hydroxyl groups is 1. The van der Waals surface area contributed by atoms with E-state index in [-0.39, 0.29) is 22.2 Å². The van der Waals surface area contributed by atoms with Crippen molar-refractivity contribution in [1.82, 2.24) is 5.32 Å². The second-order valence-electron chi connectivity index (χ2n) is 6.84. The fourth-order valence-corrected chi connectivity index (χ4v) is 3.57. The molecule has 2 aromatic rings. The number of nitrogens with one attached hydrogen (secondary N) is 1. The van der Waals surface area contributed by atoms with E-state index in [1.165, 1.54) is 11.0 Å². The van der Waals surface area contributed by atoms with Gasteiger partial charge in [0.25, 0.3) is 11.8 Å². The fourth-order valence-electron chi connectivity index (χ4n) is 3.29. The first-order chi connectivity index (χ1) is 15.4. The molecule has 32 heavy (non-hydrogen) atoms. The topological polar surface area (TPSA) is 88.1 Å². The number of phenols is 1. The Hall–Kier alpha value is -3.65. The number of ether oxygens (including phenoxy) is 2. The SMILES string of the molecule is C=CCc1cc(/C=C2/C(=O)NC(=S)N(c3cccc(OCC)c3)C2=O)cc(OCC)c1O. The minimum absolute atomic E-state index is 0.00358. The molecule has 0 saturated carbocycles. The molecule has 2 N–H and O–H groups in total. The summed E-state index contributed by atoms with van der Waals surface area (Å²) in [5.74, 6) is -0.322. The molecule has 2 amide bonds. The molecule has 0 atom stereocenters. The first kappa shape index (κ1) is 23.0. The zero-order chi connectivity index (χ0) is 23.3. The molecule has 1 heterocycles. The zero-order valence-corrected chi connectivity index (χ0v) is 18.7. The summed E-state index contributed by atoms with van der Waals surface area (Å²) in [6, 6.07) is 10.2. The van der Waals surface area contributed by atoms with Crippen LogP contribution in [0.2, 0.25) is 0 Å². The average Bonchev–Trinajstić information content (AvgIpc) is 2.75. The molecule has 7 nitrogen and oxygen atoms in total. The molecule has 1 aliphatic heterocycles. The van der Waals surface area contributed by atoms with Gasteiger partial charge in [-0.2, -0.15) is 0 Å². The van der Waals surface area contributed by atoms with Crippen molar-refractivity contribution in [3.05, 3.63) is 65.8 Å². The predicted molar refractivity (Wildman–Crippen MR) is 127 cm³/mol. The second-order valence-corrected chi connectivity index (χ2v) is 7.23. The number of anilines is 1. The Morgan fingerprint density at radius 2 is 1.91 bits per heavy atom. The zero-order valence-electron chi connectivity index (χ0n) is 17.9. The van der Waals surface area contributed by atoms with Crippen LogP contribution in [0.15, 0.2) is 54.6 Å².